The molecule has 0 unspecified atom stereocenters. The molecule has 13 heavy (non-hydrogen) atoms. The summed E-state index contributed by atoms with van der Waals surface area (Å²) in [6.45, 7) is 3.66. The predicted molar refractivity (Wildman–Crippen MR) is 50.2 cm³/mol. The van der Waals surface area contributed by atoms with E-state index >= 15 is 0 Å². The third-order valence-corrected chi connectivity index (χ3v) is 1.53. The summed E-state index contributed by atoms with van der Waals surface area (Å²) in [6, 6.07) is 5.69. The van der Waals surface area contributed by atoms with E-state index in [1.807, 2.05) is 13.8 Å². The fourth-order valence-corrected chi connectivity index (χ4v) is 0.987. The van der Waals surface area contributed by atoms with Gasteiger partial charge in [-0.25, -0.2) is 4.39 Å². The fraction of sp³-hybridized carbons (Fsp3) is 0.182. The highest BCUT2D eigenvalue weighted by molar-refractivity contribution is 6.04. The lowest BCUT2D eigenvalue weighted by atomic mass is 10.1. The van der Waals surface area contributed by atoms with Gasteiger partial charge in [-0.15, -0.1) is 0 Å². The molecule has 0 radical (unpaired) electrons. The zero-order valence-corrected chi connectivity index (χ0v) is 7.67. The van der Waals surface area contributed by atoms with Crippen molar-refractivity contribution < 1.29 is 9.18 Å². The van der Waals surface area contributed by atoms with E-state index in [1.54, 1.807) is 6.07 Å². The van der Waals surface area contributed by atoms with Crippen LogP contribution < -0.4 is 0 Å². The molecule has 0 N–H and O–H groups in total. The van der Waals surface area contributed by atoms with Gasteiger partial charge in [-0.05, 0) is 32.1 Å². The monoisotopic (exact) mass is 178 g/mol. The Kier molecular flexibility index (Phi) is 2.96. The van der Waals surface area contributed by atoms with E-state index in [4.69, 9.17) is 0 Å². The van der Waals surface area contributed by atoms with Crippen molar-refractivity contribution in [2.45, 2.75) is 13.8 Å². The van der Waals surface area contributed by atoms with Gasteiger partial charge in [0.25, 0.3) is 0 Å². The zero-order valence-electron chi connectivity index (χ0n) is 7.67. The van der Waals surface area contributed by atoms with Crippen molar-refractivity contribution in [2.75, 3.05) is 0 Å². The van der Waals surface area contributed by atoms with Crippen LogP contribution in [0, 0.1) is 5.82 Å². The third-order valence-electron chi connectivity index (χ3n) is 1.53. The van der Waals surface area contributed by atoms with E-state index in [-0.39, 0.29) is 11.6 Å². The summed E-state index contributed by atoms with van der Waals surface area (Å²) in [7, 11) is 0. The number of carbonyl (C=O) groups excluding carboxylic acids is 1. The number of benzene rings is 1. The van der Waals surface area contributed by atoms with Gasteiger partial charge in [0.05, 0.1) is 0 Å². The highest BCUT2D eigenvalue weighted by atomic mass is 19.1. The molecule has 0 aliphatic heterocycles. The van der Waals surface area contributed by atoms with Crippen molar-refractivity contribution >= 4 is 5.78 Å². The van der Waals surface area contributed by atoms with E-state index in [1.165, 1.54) is 24.3 Å². The van der Waals surface area contributed by atoms with Crippen LogP contribution in [0.1, 0.15) is 24.2 Å². The molecule has 0 spiro atoms. The fourth-order valence-electron chi connectivity index (χ4n) is 0.987. The lowest BCUT2D eigenvalue weighted by Gasteiger charge is -1.95. The zero-order chi connectivity index (χ0) is 9.84. The van der Waals surface area contributed by atoms with E-state index in [9.17, 15) is 9.18 Å². The average Bonchev–Trinajstić information content (AvgIpc) is 2.03. The molecular weight excluding hydrogens is 167 g/mol. The smallest absolute Gasteiger partial charge is 0.185 e. The molecule has 0 aliphatic rings. The first-order chi connectivity index (χ1) is 6.09. The van der Waals surface area contributed by atoms with Gasteiger partial charge in [-0.1, -0.05) is 17.7 Å². The first kappa shape index (κ1) is 9.65. The van der Waals surface area contributed by atoms with Gasteiger partial charge < -0.3 is 0 Å². The highest BCUT2D eigenvalue weighted by Gasteiger charge is 2.02. The molecule has 0 saturated carbocycles. The Morgan fingerprint density at radius 3 is 2.62 bits per heavy atom. The Bertz CT molecular complexity index is 349. The highest BCUT2D eigenvalue weighted by Crippen LogP contribution is 2.06. The summed E-state index contributed by atoms with van der Waals surface area (Å²) in [6.07, 6.45) is 1.49. The van der Waals surface area contributed by atoms with Gasteiger partial charge in [0, 0.05) is 5.56 Å². The average molecular weight is 178 g/mol. The minimum atomic E-state index is -0.381. The molecule has 0 bridgehead atoms. The predicted octanol–water partition coefficient (Wildman–Crippen LogP) is 2.97. The summed E-state index contributed by atoms with van der Waals surface area (Å²) in [5.41, 5.74) is 1.30. The summed E-state index contributed by atoms with van der Waals surface area (Å²) < 4.78 is 12.7. The van der Waals surface area contributed by atoms with Gasteiger partial charge in [0.2, 0.25) is 0 Å². The minimum absolute atomic E-state index is 0.153. The number of allylic oxidation sites excluding steroid dienone is 2. The normalized spacial score (nSPS) is 9.46. The summed E-state index contributed by atoms with van der Waals surface area (Å²) in [5.74, 6) is -0.535. The Hall–Kier alpha value is -1.44. The van der Waals surface area contributed by atoms with Crippen LogP contribution >= 0.6 is 0 Å². The van der Waals surface area contributed by atoms with Crippen LogP contribution in [0.3, 0.4) is 0 Å². The number of carbonyl (C=O) groups is 1. The molecule has 0 heterocycles. The van der Waals surface area contributed by atoms with Gasteiger partial charge in [-0.2, -0.15) is 0 Å². The van der Waals surface area contributed by atoms with Crippen molar-refractivity contribution in [3.05, 3.63) is 47.3 Å². The van der Waals surface area contributed by atoms with Crippen LogP contribution in [-0.4, -0.2) is 5.78 Å². The van der Waals surface area contributed by atoms with Gasteiger partial charge >= 0.3 is 0 Å². The first-order valence-electron chi connectivity index (χ1n) is 4.04. The SMILES string of the molecule is CC(C)=CC(=O)c1cccc(F)c1. The van der Waals surface area contributed by atoms with Gasteiger partial charge in [-0.3, -0.25) is 4.79 Å². The largest absolute Gasteiger partial charge is 0.289 e. The quantitative estimate of drug-likeness (QED) is 0.502. The lowest BCUT2D eigenvalue weighted by molar-refractivity contribution is 0.104. The number of rotatable bonds is 2. The molecule has 0 aliphatic carbocycles. The van der Waals surface area contributed by atoms with E-state index < -0.39 is 0 Å². The van der Waals surface area contributed by atoms with Crippen molar-refractivity contribution in [1.29, 1.82) is 0 Å². The molecule has 1 aromatic carbocycles. The molecule has 0 fully saturated rings. The van der Waals surface area contributed by atoms with Crippen LogP contribution in [-0.2, 0) is 0 Å². The molecule has 2 heteroatoms. The van der Waals surface area contributed by atoms with Crippen LogP contribution in [0.2, 0.25) is 0 Å². The maximum atomic E-state index is 12.7. The molecular formula is C11H11FO. The van der Waals surface area contributed by atoms with E-state index in [2.05, 4.69) is 0 Å². The second kappa shape index (κ2) is 3.99. The molecule has 0 atom stereocenters. The van der Waals surface area contributed by atoms with E-state index in [0.29, 0.717) is 5.56 Å². The van der Waals surface area contributed by atoms with Crippen LogP contribution in [0.5, 0.6) is 0 Å². The van der Waals surface area contributed by atoms with Gasteiger partial charge in [0.15, 0.2) is 5.78 Å². The molecule has 1 aromatic rings. The number of hydrogen-bond donors (Lipinski definition) is 0. The number of ketones is 1. The summed E-state index contributed by atoms with van der Waals surface area (Å²) >= 11 is 0. The van der Waals surface area contributed by atoms with Crippen LogP contribution in [0.15, 0.2) is 35.9 Å². The molecule has 0 saturated heterocycles. The summed E-state index contributed by atoms with van der Waals surface area (Å²) in [5, 5.41) is 0. The number of hydrogen-bond acceptors (Lipinski definition) is 1. The maximum absolute atomic E-state index is 12.7. The minimum Gasteiger partial charge on any atom is -0.289 e. The Morgan fingerprint density at radius 1 is 1.38 bits per heavy atom. The van der Waals surface area contributed by atoms with Crippen LogP contribution in [0.4, 0.5) is 4.39 Å². The Morgan fingerprint density at radius 2 is 2.08 bits per heavy atom. The van der Waals surface area contributed by atoms with E-state index in [0.717, 1.165) is 5.57 Å². The molecule has 1 rings (SSSR count). The topological polar surface area (TPSA) is 17.1 Å². The van der Waals surface area contributed by atoms with Crippen LogP contribution in [0.25, 0.3) is 0 Å². The Labute approximate surface area is 76.9 Å². The van der Waals surface area contributed by atoms with Gasteiger partial charge in [0.1, 0.15) is 5.82 Å². The van der Waals surface area contributed by atoms with Crippen molar-refractivity contribution in [3.63, 3.8) is 0 Å². The van der Waals surface area contributed by atoms with Crippen molar-refractivity contribution in [1.82, 2.24) is 0 Å². The molecule has 0 amide bonds. The molecule has 1 nitrogen and oxygen atoms in total. The van der Waals surface area contributed by atoms with Crippen molar-refractivity contribution in [2.24, 2.45) is 0 Å². The number of halogens is 1. The standard InChI is InChI=1S/C11H11FO/c1-8(2)6-11(13)9-4-3-5-10(12)7-9/h3-7H,1-2H3. The molecule has 0 aromatic heterocycles. The summed E-state index contributed by atoms with van der Waals surface area (Å²) in [4.78, 5) is 11.4. The molecule has 68 valence electrons. The third kappa shape index (κ3) is 2.82. The van der Waals surface area contributed by atoms with Crippen molar-refractivity contribution in [3.8, 4) is 0 Å². The lowest BCUT2D eigenvalue weighted by Crippen LogP contribution is -1.95. The second-order valence-corrected chi connectivity index (χ2v) is 3.10. The Balaban J connectivity index is 2.96. The second-order valence-electron chi connectivity index (χ2n) is 3.10. The maximum Gasteiger partial charge on any atom is 0.185 e. The first-order valence-corrected chi connectivity index (χ1v) is 4.04.